The van der Waals surface area contributed by atoms with Gasteiger partial charge in [-0.2, -0.15) is 0 Å². The van der Waals surface area contributed by atoms with Crippen LogP contribution in [-0.2, 0) is 29.6 Å². The van der Waals surface area contributed by atoms with Gasteiger partial charge in [0.05, 0.1) is 24.8 Å². The average molecular weight is 384 g/mol. The van der Waals surface area contributed by atoms with Crippen molar-refractivity contribution in [3.63, 3.8) is 0 Å². The van der Waals surface area contributed by atoms with E-state index in [0.29, 0.717) is 24.3 Å². The lowest BCUT2D eigenvalue weighted by atomic mass is 10.1. The van der Waals surface area contributed by atoms with Gasteiger partial charge in [-0.25, -0.2) is 4.98 Å². The Kier molecular flexibility index (Phi) is 6.03. The number of esters is 1. The Hall–Kier alpha value is -3.22. The number of hydrogen-bond acceptors (Lipinski definition) is 6. The number of imidazole rings is 1. The van der Waals surface area contributed by atoms with E-state index in [1.807, 2.05) is 29.8 Å². The van der Waals surface area contributed by atoms with E-state index in [4.69, 9.17) is 14.2 Å². The molecular weight excluding hydrogens is 360 g/mol. The molecule has 2 aromatic carbocycles. The Morgan fingerprint density at radius 2 is 1.96 bits per heavy atom. The Bertz CT molecular complexity index is 980. The summed E-state index contributed by atoms with van der Waals surface area (Å²) in [5.74, 6) is 1.87. The molecule has 0 atom stereocenters. The van der Waals surface area contributed by atoms with E-state index in [-0.39, 0.29) is 24.7 Å². The molecule has 0 aliphatic rings. The first-order valence-corrected chi connectivity index (χ1v) is 9.11. The molecule has 1 aromatic heterocycles. The van der Waals surface area contributed by atoms with Crippen molar-refractivity contribution in [1.29, 1.82) is 0 Å². The number of carbonyl (C=O) groups excluding carboxylic acids is 1. The van der Waals surface area contributed by atoms with Crippen molar-refractivity contribution in [2.24, 2.45) is 7.05 Å². The number of aryl methyl sites for hydroxylation is 2. The molecule has 0 aliphatic carbocycles. The number of methoxy groups -OCH3 is 1. The molecule has 28 heavy (non-hydrogen) atoms. The molecular formula is C21H24N2O5. The van der Waals surface area contributed by atoms with Crippen LogP contribution < -0.4 is 9.47 Å². The number of ether oxygens (including phenoxy) is 3. The fourth-order valence-corrected chi connectivity index (χ4v) is 2.94. The van der Waals surface area contributed by atoms with Gasteiger partial charge in [-0.05, 0) is 37.1 Å². The molecule has 7 nitrogen and oxygen atoms in total. The maximum absolute atomic E-state index is 11.5. The van der Waals surface area contributed by atoms with Gasteiger partial charge in [-0.15, -0.1) is 0 Å². The standard InChI is InChI=1S/C21H24N2O5/c1-4-27-21(25)10-6-14-5-7-16(12-19(14)24)28-13-20-22-17-9-8-15(26-3)11-18(17)23(20)2/h5,7-9,11-12,24H,4,6,10,13H2,1-3H3. The summed E-state index contributed by atoms with van der Waals surface area (Å²) in [5, 5.41) is 10.2. The molecule has 3 aromatic rings. The number of phenolic OH excluding ortho intramolecular Hbond substituents is 1. The second-order valence-electron chi connectivity index (χ2n) is 6.33. The first-order valence-electron chi connectivity index (χ1n) is 9.11. The van der Waals surface area contributed by atoms with E-state index < -0.39 is 0 Å². The number of nitrogens with zero attached hydrogens (tertiary/aromatic N) is 2. The van der Waals surface area contributed by atoms with Crippen LogP contribution in [0.3, 0.4) is 0 Å². The van der Waals surface area contributed by atoms with Crippen LogP contribution in [-0.4, -0.2) is 34.3 Å². The van der Waals surface area contributed by atoms with Crippen molar-refractivity contribution in [3.05, 3.63) is 47.8 Å². The normalized spacial score (nSPS) is 10.8. The fraction of sp³-hybridized carbons (Fsp3) is 0.333. The van der Waals surface area contributed by atoms with Gasteiger partial charge in [0, 0.05) is 25.6 Å². The minimum Gasteiger partial charge on any atom is -0.508 e. The summed E-state index contributed by atoms with van der Waals surface area (Å²) in [4.78, 5) is 16.0. The Labute approximate surface area is 163 Å². The molecule has 0 unspecified atom stereocenters. The monoisotopic (exact) mass is 384 g/mol. The van der Waals surface area contributed by atoms with Crippen LogP contribution in [0.5, 0.6) is 17.2 Å². The number of phenols is 1. The third kappa shape index (κ3) is 4.36. The topological polar surface area (TPSA) is 82.8 Å². The maximum Gasteiger partial charge on any atom is 0.306 e. The van der Waals surface area contributed by atoms with E-state index in [1.54, 1.807) is 32.2 Å². The smallest absolute Gasteiger partial charge is 0.306 e. The van der Waals surface area contributed by atoms with Crippen LogP contribution in [0.1, 0.15) is 24.7 Å². The van der Waals surface area contributed by atoms with E-state index in [1.165, 1.54) is 0 Å². The highest BCUT2D eigenvalue weighted by Crippen LogP contribution is 2.26. The Morgan fingerprint density at radius 1 is 1.18 bits per heavy atom. The molecule has 0 bridgehead atoms. The van der Waals surface area contributed by atoms with Crippen molar-refractivity contribution >= 4 is 17.0 Å². The van der Waals surface area contributed by atoms with E-state index in [0.717, 1.165) is 22.6 Å². The SMILES string of the molecule is CCOC(=O)CCc1ccc(OCc2nc3ccc(OC)cc3n2C)cc1O. The highest BCUT2D eigenvalue weighted by molar-refractivity contribution is 5.77. The second kappa shape index (κ2) is 8.65. The Balaban J connectivity index is 1.66. The van der Waals surface area contributed by atoms with Crippen LogP contribution in [0.25, 0.3) is 11.0 Å². The van der Waals surface area contributed by atoms with Crippen molar-refractivity contribution in [3.8, 4) is 17.2 Å². The van der Waals surface area contributed by atoms with Crippen LogP contribution in [0, 0.1) is 0 Å². The summed E-state index contributed by atoms with van der Waals surface area (Å²) < 4.78 is 17.9. The zero-order valence-electron chi connectivity index (χ0n) is 16.3. The van der Waals surface area contributed by atoms with Gasteiger partial charge in [0.25, 0.3) is 0 Å². The van der Waals surface area contributed by atoms with Gasteiger partial charge < -0.3 is 23.9 Å². The molecule has 0 spiro atoms. The van der Waals surface area contributed by atoms with Gasteiger partial charge in [0.1, 0.15) is 29.7 Å². The van der Waals surface area contributed by atoms with Crippen LogP contribution in [0.2, 0.25) is 0 Å². The lowest BCUT2D eigenvalue weighted by Gasteiger charge is -2.09. The lowest BCUT2D eigenvalue weighted by Crippen LogP contribution is -2.05. The van der Waals surface area contributed by atoms with Crippen molar-refractivity contribution in [1.82, 2.24) is 9.55 Å². The van der Waals surface area contributed by atoms with Crippen LogP contribution in [0.15, 0.2) is 36.4 Å². The maximum atomic E-state index is 11.5. The average Bonchev–Trinajstić information content (AvgIpc) is 3.01. The quantitative estimate of drug-likeness (QED) is 0.600. The molecule has 3 rings (SSSR count). The van der Waals surface area contributed by atoms with Gasteiger partial charge >= 0.3 is 5.97 Å². The van der Waals surface area contributed by atoms with E-state index in [9.17, 15) is 9.90 Å². The number of hydrogen-bond donors (Lipinski definition) is 1. The third-order valence-corrected chi connectivity index (χ3v) is 4.51. The molecule has 0 aliphatic heterocycles. The second-order valence-corrected chi connectivity index (χ2v) is 6.33. The number of benzene rings is 2. The van der Waals surface area contributed by atoms with Crippen LogP contribution >= 0.6 is 0 Å². The fourth-order valence-electron chi connectivity index (χ4n) is 2.94. The number of carbonyl (C=O) groups is 1. The van der Waals surface area contributed by atoms with Gasteiger partial charge in [-0.3, -0.25) is 4.79 Å². The van der Waals surface area contributed by atoms with Gasteiger partial charge in [0.2, 0.25) is 0 Å². The molecule has 0 fully saturated rings. The van der Waals surface area contributed by atoms with Crippen LogP contribution in [0.4, 0.5) is 0 Å². The highest BCUT2D eigenvalue weighted by Gasteiger charge is 2.11. The number of aromatic hydroxyl groups is 1. The molecule has 148 valence electrons. The first kappa shape index (κ1) is 19.5. The molecule has 1 heterocycles. The molecule has 7 heteroatoms. The predicted octanol–water partition coefficient (Wildman–Crippen LogP) is 3.36. The Morgan fingerprint density at radius 3 is 2.68 bits per heavy atom. The molecule has 1 N–H and O–H groups in total. The first-order chi connectivity index (χ1) is 13.5. The summed E-state index contributed by atoms with van der Waals surface area (Å²) in [6.45, 7) is 2.38. The molecule has 0 radical (unpaired) electrons. The molecule has 0 saturated heterocycles. The lowest BCUT2D eigenvalue weighted by molar-refractivity contribution is -0.143. The van der Waals surface area contributed by atoms with Crippen molar-refractivity contribution in [2.45, 2.75) is 26.4 Å². The van der Waals surface area contributed by atoms with Crippen molar-refractivity contribution in [2.75, 3.05) is 13.7 Å². The summed E-state index contributed by atoms with van der Waals surface area (Å²) in [5.41, 5.74) is 2.49. The highest BCUT2D eigenvalue weighted by atomic mass is 16.5. The number of fused-ring (bicyclic) bond motifs is 1. The van der Waals surface area contributed by atoms with Gasteiger partial charge in [-0.1, -0.05) is 6.07 Å². The van der Waals surface area contributed by atoms with E-state index in [2.05, 4.69) is 4.98 Å². The zero-order chi connectivity index (χ0) is 20.1. The van der Waals surface area contributed by atoms with E-state index >= 15 is 0 Å². The van der Waals surface area contributed by atoms with Gasteiger partial charge in [0.15, 0.2) is 0 Å². The third-order valence-electron chi connectivity index (χ3n) is 4.51. The molecule has 0 amide bonds. The summed E-state index contributed by atoms with van der Waals surface area (Å²) >= 11 is 0. The minimum absolute atomic E-state index is 0.0940. The number of aromatic nitrogens is 2. The zero-order valence-corrected chi connectivity index (χ0v) is 16.3. The minimum atomic E-state index is -0.277. The number of rotatable bonds is 8. The van der Waals surface area contributed by atoms with Crippen molar-refractivity contribution < 1.29 is 24.1 Å². The molecule has 0 saturated carbocycles. The summed E-state index contributed by atoms with van der Waals surface area (Å²) in [6, 6.07) is 10.8. The predicted molar refractivity (Wildman–Crippen MR) is 105 cm³/mol. The summed E-state index contributed by atoms with van der Waals surface area (Å²) in [6.07, 6.45) is 0.641. The largest absolute Gasteiger partial charge is 0.508 e. The summed E-state index contributed by atoms with van der Waals surface area (Å²) in [7, 11) is 3.55.